The molecule has 1 saturated carbocycles. The van der Waals surface area contributed by atoms with Crippen LogP contribution < -0.4 is 0 Å². The number of alkyl halides is 1. The van der Waals surface area contributed by atoms with Crippen molar-refractivity contribution in [3.63, 3.8) is 0 Å². The van der Waals surface area contributed by atoms with Gasteiger partial charge in [0.15, 0.2) is 9.84 Å². The average Bonchev–Trinajstić information content (AvgIpc) is 2.36. The van der Waals surface area contributed by atoms with Crippen molar-refractivity contribution in [2.75, 3.05) is 24.7 Å². The minimum absolute atomic E-state index is 0.0683. The van der Waals surface area contributed by atoms with Crippen LogP contribution >= 0.6 is 15.9 Å². The van der Waals surface area contributed by atoms with E-state index in [0.717, 1.165) is 12.8 Å². The first-order chi connectivity index (χ1) is 7.57. The van der Waals surface area contributed by atoms with Gasteiger partial charge in [0.25, 0.3) is 0 Å². The van der Waals surface area contributed by atoms with E-state index in [0.29, 0.717) is 19.3 Å². The molecule has 16 heavy (non-hydrogen) atoms. The largest absolute Gasteiger partial charge is 0.376 e. The Bertz CT molecular complexity index is 326. The quantitative estimate of drug-likeness (QED) is 0.564. The summed E-state index contributed by atoms with van der Waals surface area (Å²) in [7, 11) is -2.90. The van der Waals surface area contributed by atoms with Crippen LogP contribution in [0.25, 0.3) is 0 Å². The molecule has 0 aromatic rings. The molecule has 2 aliphatic rings. The van der Waals surface area contributed by atoms with E-state index in [4.69, 9.17) is 9.47 Å². The van der Waals surface area contributed by atoms with E-state index in [2.05, 4.69) is 15.9 Å². The lowest BCUT2D eigenvalue weighted by atomic mass is 9.96. The molecule has 0 radical (unpaired) electrons. The van der Waals surface area contributed by atoms with E-state index in [1.54, 1.807) is 0 Å². The molecule has 2 unspecified atom stereocenters. The molecule has 0 amide bonds. The first kappa shape index (κ1) is 12.8. The van der Waals surface area contributed by atoms with Crippen molar-refractivity contribution in [2.24, 2.45) is 0 Å². The molecule has 2 atom stereocenters. The predicted molar refractivity (Wildman–Crippen MR) is 64.7 cm³/mol. The fraction of sp³-hybridized carbons (Fsp3) is 1.00. The van der Waals surface area contributed by atoms with E-state index in [1.165, 1.54) is 6.42 Å². The highest BCUT2D eigenvalue weighted by atomic mass is 79.9. The molecule has 94 valence electrons. The van der Waals surface area contributed by atoms with Crippen molar-refractivity contribution in [1.29, 1.82) is 0 Å². The molecule has 4 nitrogen and oxygen atoms in total. The lowest BCUT2D eigenvalue weighted by Gasteiger charge is -2.25. The van der Waals surface area contributed by atoms with Crippen molar-refractivity contribution in [3.8, 4) is 0 Å². The van der Waals surface area contributed by atoms with Gasteiger partial charge in [-0.2, -0.15) is 0 Å². The third-order valence-electron chi connectivity index (χ3n) is 3.06. The van der Waals surface area contributed by atoms with E-state index in [9.17, 15) is 8.42 Å². The molecule has 1 aliphatic carbocycles. The summed E-state index contributed by atoms with van der Waals surface area (Å²) in [6, 6.07) is 0. The van der Waals surface area contributed by atoms with E-state index in [-0.39, 0.29) is 22.4 Å². The summed E-state index contributed by atoms with van der Waals surface area (Å²) in [5, 5.41) is 0. The number of halogens is 1. The zero-order valence-electron chi connectivity index (χ0n) is 9.10. The number of hydrogen-bond donors (Lipinski definition) is 0. The lowest BCUT2D eigenvalue weighted by Crippen LogP contribution is -2.27. The van der Waals surface area contributed by atoms with Gasteiger partial charge in [-0.25, -0.2) is 8.42 Å². The molecule has 0 bridgehead atoms. The van der Waals surface area contributed by atoms with Gasteiger partial charge in [0.2, 0.25) is 0 Å². The standard InChI is InChI=1S/C10H17BrO4S/c11-9-6-16(12,13)7-10(9)15-5-4-14-8-2-1-3-8/h8-10H,1-7H2. The molecule has 0 aromatic heterocycles. The smallest absolute Gasteiger partial charge is 0.154 e. The van der Waals surface area contributed by atoms with Gasteiger partial charge in [-0.3, -0.25) is 0 Å². The lowest BCUT2D eigenvalue weighted by molar-refractivity contribution is -0.0401. The Morgan fingerprint density at radius 2 is 1.81 bits per heavy atom. The van der Waals surface area contributed by atoms with E-state index in [1.807, 2.05) is 0 Å². The number of rotatable bonds is 5. The number of ether oxygens (including phenoxy) is 2. The monoisotopic (exact) mass is 312 g/mol. The van der Waals surface area contributed by atoms with Gasteiger partial charge in [-0.1, -0.05) is 15.9 Å². The Kier molecular flexibility index (Phi) is 4.26. The highest BCUT2D eigenvalue weighted by Gasteiger charge is 2.36. The van der Waals surface area contributed by atoms with Gasteiger partial charge < -0.3 is 9.47 Å². The van der Waals surface area contributed by atoms with Gasteiger partial charge in [-0.15, -0.1) is 0 Å². The number of hydrogen-bond acceptors (Lipinski definition) is 4. The van der Waals surface area contributed by atoms with Crippen molar-refractivity contribution in [2.45, 2.75) is 36.3 Å². The summed E-state index contributed by atoms with van der Waals surface area (Å²) in [6.45, 7) is 1.06. The van der Waals surface area contributed by atoms with Gasteiger partial charge >= 0.3 is 0 Å². The maximum Gasteiger partial charge on any atom is 0.154 e. The second kappa shape index (κ2) is 5.33. The fourth-order valence-electron chi connectivity index (χ4n) is 1.88. The summed E-state index contributed by atoms with van der Waals surface area (Å²) < 4.78 is 33.7. The molecule has 0 spiro atoms. The van der Waals surface area contributed by atoms with E-state index < -0.39 is 9.84 Å². The van der Waals surface area contributed by atoms with Crippen molar-refractivity contribution in [1.82, 2.24) is 0 Å². The Morgan fingerprint density at radius 1 is 1.12 bits per heavy atom. The van der Waals surface area contributed by atoms with Gasteiger partial charge in [0, 0.05) is 0 Å². The van der Waals surface area contributed by atoms with Crippen LogP contribution in [0.15, 0.2) is 0 Å². The van der Waals surface area contributed by atoms with Crippen LogP contribution in [0, 0.1) is 0 Å². The predicted octanol–water partition coefficient (Wildman–Crippen LogP) is 1.13. The summed E-state index contributed by atoms with van der Waals surface area (Å²) in [6.07, 6.45) is 3.76. The maximum atomic E-state index is 11.3. The summed E-state index contributed by atoms with van der Waals surface area (Å²) in [5.74, 6) is 0.313. The van der Waals surface area contributed by atoms with Crippen LogP contribution in [0.1, 0.15) is 19.3 Å². The first-order valence-corrected chi connectivity index (χ1v) is 8.38. The van der Waals surface area contributed by atoms with Crippen molar-refractivity contribution in [3.05, 3.63) is 0 Å². The Morgan fingerprint density at radius 3 is 2.31 bits per heavy atom. The zero-order valence-corrected chi connectivity index (χ0v) is 11.5. The third kappa shape index (κ3) is 3.42. The molecule has 0 N–H and O–H groups in total. The molecular weight excluding hydrogens is 296 g/mol. The molecular formula is C10H17BrO4S. The molecule has 2 rings (SSSR count). The normalized spacial score (nSPS) is 33.8. The zero-order chi connectivity index (χ0) is 11.6. The Labute approximate surface area is 105 Å². The molecule has 1 aliphatic heterocycles. The highest BCUT2D eigenvalue weighted by molar-refractivity contribution is 9.09. The minimum atomic E-state index is -2.90. The second-order valence-corrected chi connectivity index (χ2v) is 7.76. The van der Waals surface area contributed by atoms with Crippen molar-refractivity contribution < 1.29 is 17.9 Å². The average molecular weight is 313 g/mol. The van der Waals surface area contributed by atoms with Gasteiger partial charge in [0.1, 0.15) is 0 Å². The number of sulfone groups is 1. The minimum Gasteiger partial charge on any atom is -0.376 e. The van der Waals surface area contributed by atoms with Gasteiger partial charge in [0.05, 0.1) is 41.8 Å². The van der Waals surface area contributed by atoms with Crippen molar-refractivity contribution >= 4 is 25.8 Å². The first-order valence-electron chi connectivity index (χ1n) is 5.64. The summed E-state index contributed by atoms with van der Waals surface area (Å²) in [5.41, 5.74) is 0. The summed E-state index contributed by atoms with van der Waals surface area (Å²) in [4.78, 5) is -0.0683. The van der Waals surface area contributed by atoms with Crippen LogP contribution in [0.2, 0.25) is 0 Å². The van der Waals surface area contributed by atoms with Crippen LogP contribution in [0.5, 0.6) is 0 Å². The SMILES string of the molecule is O=S1(=O)CC(Br)C(OCCOC2CCC2)C1. The fourth-order valence-corrected chi connectivity index (χ4v) is 5.34. The second-order valence-electron chi connectivity index (χ2n) is 4.43. The maximum absolute atomic E-state index is 11.3. The highest BCUT2D eigenvalue weighted by Crippen LogP contribution is 2.23. The van der Waals surface area contributed by atoms with Crippen LogP contribution in [-0.4, -0.2) is 50.2 Å². The van der Waals surface area contributed by atoms with Crippen LogP contribution in [-0.2, 0) is 19.3 Å². The van der Waals surface area contributed by atoms with E-state index >= 15 is 0 Å². The van der Waals surface area contributed by atoms with Crippen LogP contribution in [0.4, 0.5) is 0 Å². The Balaban J connectivity index is 1.62. The topological polar surface area (TPSA) is 52.6 Å². The third-order valence-corrected chi connectivity index (χ3v) is 6.10. The van der Waals surface area contributed by atoms with Gasteiger partial charge in [-0.05, 0) is 19.3 Å². The molecule has 1 heterocycles. The summed E-state index contributed by atoms with van der Waals surface area (Å²) >= 11 is 3.34. The molecule has 1 saturated heterocycles. The van der Waals surface area contributed by atoms with Crippen LogP contribution in [0.3, 0.4) is 0 Å². The molecule has 0 aromatic carbocycles. The molecule has 2 fully saturated rings. The Hall–Kier alpha value is 0.350. The molecule has 6 heteroatoms.